The van der Waals surface area contributed by atoms with Crippen LogP contribution in [0.3, 0.4) is 0 Å². The van der Waals surface area contributed by atoms with Gasteiger partial charge in [-0.3, -0.25) is 5.32 Å². The Bertz CT molecular complexity index is 351. The minimum atomic E-state index is -0.351. The van der Waals surface area contributed by atoms with Gasteiger partial charge in [0.15, 0.2) is 6.19 Å². The Morgan fingerprint density at radius 3 is 2.64 bits per heavy atom. The molecule has 0 aliphatic rings. The van der Waals surface area contributed by atoms with Crippen molar-refractivity contribution in [1.29, 1.82) is 5.26 Å². The predicted molar refractivity (Wildman–Crippen MR) is 51.6 cm³/mol. The third-order valence-corrected chi connectivity index (χ3v) is 1.60. The second-order valence-corrected chi connectivity index (χ2v) is 2.53. The number of nitrogens with one attached hydrogen (secondary N) is 1. The number of carbonyl (C=O) groups is 1. The Morgan fingerprint density at radius 1 is 1.50 bits per heavy atom. The number of ether oxygens (including phenoxy) is 1. The zero-order chi connectivity index (χ0) is 10.4. The first-order valence-corrected chi connectivity index (χ1v) is 4.20. The molecule has 72 valence electrons. The second-order valence-electron chi connectivity index (χ2n) is 2.53. The lowest BCUT2D eigenvalue weighted by atomic mass is 10.2. The minimum Gasteiger partial charge on any atom is -0.462 e. The molecule has 0 aromatic heterocycles. The van der Waals surface area contributed by atoms with Gasteiger partial charge >= 0.3 is 5.97 Å². The Hall–Kier alpha value is -2.02. The number of carbonyl (C=O) groups excluding carboxylic acids is 1. The molecule has 0 unspecified atom stereocenters. The van der Waals surface area contributed by atoms with Crippen molar-refractivity contribution in [2.75, 3.05) is 11.9 Å². The van der Waals surface area contributed by atoms with Crippen LogP contribution in [0.4, 0.5) is 5.69 Å². The normalized spacial score (nSPS) is 8.86. The molecule has 0 spiro atoms. The molecule has 0 heterocycles. The zero-order valence-corrected chi connectivity index (χ0v) is 7.78. The molecule has 4 nitrogen and oxygen atoms in total. The number of nitrogens with zero attached hydrogens (tertiary/aromatic N) is 1. The standard InChI is InChI=1S/C10H10N2O2/c1-2-14-10(13)8-3-5-9(6-4-8)12-7-11/h3-6,12H,2H2,1H3. The van der Waals surface area contributed by atoms with Crippen LogP contribution in [0.25, 0.3) is 0 Å². The Morgan fingerprint density at radius 2 is 2.14 bits per heavy atom. The summed E-state index contributed by atoms with van der Waals surface area (Å²) in [4.78, 5) is 11.2. The van der Waals surface area contributed by atoms with E-state index in [0.717, 1.165) is 0 Å². The highest BCUT2D eigenvalue weighted by Gasteiger charge is 2.04. The number of anilines is 1. The van der Waals surface area contributed by atoms with E-state index in [4.69, 9.17) is 10.00 Å². The molecule has 0 atom stereocenters. The van der Waals surface area contributed by atoms with E-state index in [-0.39, 0.29) is 5.97 Å². The largest absolute Gasteiger partial charge is 0.462 e. The lowest BCUT2D eigenvalue weighted by Gasteiger charge is -2.02. The highest BCUT2D eigenvalue weighted by molar-refractivity contribution is 5.89. The molecule has 0 amide bonds. The highest BCUT2D eigenvalue weighted by atomic mass is 16.5. The van der Waals surface area contributed by atoms with Crippen LogP contribution in [0.15, 0.2) is 24.3 Å². The Kier molecular flexibility index (Phi) is 3.50. The number of benzene rings is 1. The van der Waals surface area contributed by atoms with E-state index in [0.29, 0.717) is 17.9 Å². The van der Waals surface area contributed by atoms with Gasteiger partial charge in [0.2, 0.25) is 0 Å². The number of hydrogen-bond acceptors (Lipinski definition) is 4. The van der Waals surface area contributed by atoms with Crippen molar-refractivity contribution in [2.45, 2.75) is 6.92 Å². The van der Waals surface area contributed by atoms with Gasteiger partial charge in [-0.1, -0.05) is 0 Å². The summed E-state index contributed by atoms with van der Waals surface area (Å²) in [5.41, 5.74) is 1.14. The molecule has 0 saturated carbocycles. The molecular formula is C10H10N2O2. The van der Waals surface area contributed by atoms with Crippen LogP contribution in [-0.2, 0) is 4.74 Å². The van der Waals surface area contributed by atoms with Crippen LogP contribution in [0.5, 0.6) is 0 Å². The summed E-state index contributed by atoms with van der Waals surface area (Å²) in [6.45, 7) is 2.11. The average Bonchev–Trinajstić information content (AvgIpc) is 2.20. The van der Waals surface area contributed by atoms with E-state index in [9.17, 15) is 4.79 Å². The monoisotopic (exact) mass is 190 g/mol. The van der Waals surface area contributed by atoms with Crippen LogP contribution >= 0.6 is 0 Å². The van der Waals surface area contributed by atoms with Gasteiger partial charge in [-0.05, 0) is 31.2 Å². The van der Waals surface area contributed by atoms with Gasteiger partial charge in [0.05, 0.1) is 12.2 Å². The first-order valence-electron chi connectivity index (χ1n) is 4.20. The van der Waals surface area contributed by atoms with Crippen LogP contribution in [0, 0.1) is 11.5 Å². The molecule has 1 N–H and O–H groups in total. The molecule has 4 heteroatoms. The number of nitriles is 1. The van der Waals surface area contributed by atoms with Gasteiger partial charge < -0.3 is 4.74 Å². The molecule has 0 bridgehead atoms. The molecule has 0 saturated heterocycles. The van der Waals surface area contributed by atoms with Crippen molar-refractivity contribution >= 4 is 11.7 Å². The van der Waals surface area contributed by atoms with Crippen LogP contribution in [-0.4, -0.2) is 12.6 Å². The van der Waals surface area contributed by atoms with Gasteiger partial charge in [0.1, 0.15) is 0 Å². The van der Waals surface area contributed by atoms with Crippen molar-refractivity contribution in [1.82, 2.24) is 0 Å². The maximum atomic E-state index is 11.2. The summed E-state index contributed by atoms with van der Waals surface area (Å²) in [7, 11) is 0. The van der Waals surface area contributed by atoms with Gasteiger partial charge in [0.25, 0.3) is 0 Å². The molecule has 0 fully saturated rings. The van der Waals surface area contributed by atoms with Crippen molar-refractivity contribution in [3.8, 4) is 6.19 Å². The number of rotatable bonds is 3. The van der Waals surface area contributed by atoms with Crippen molar-refractivity contribution in [3.05, 3.63) is 29.8 Å². The molecule has 0 radical (unpaired) electrons. The van der Waals surface area contributed by atoms with Crippen molar-refractivity contribution in [2.24, 2.45) is 0 Å². The summed E-state index contributed by atoms with van der Waals surface area (Å²) < 4.78 is 4.80. The summed E-state index contributed by atoms with van der Waals surface area (Å²) >= 11 is 0. The minimum absolute atomic E-state index is 0.351. The smallest absolute Gasteiger partial charge is 0.338 e. The van der Waals surface area contributed by atoms with E-state index in [1.165, 1.54) is 0 Å². The fourth-order valence-electron chi connectivity index (χ4n) is 0.969. The SMILES string of the molecule is CCOC(=O)c1ccc(NC#N)cc1. The first-order chi connectivity index (χ1) is 6.77. The zero-order valence-electron chi connectivity index (χ0n) is 7.78. The fourth-order valence-corrected chi connectivity index (χ4v) is 0.969. The van der Waals surface area contributed by atoms with Crippen molar-refractivity contribution < 1.29 is 9.53 Å². The molecule has 14 heavy (non-hydrogen) atoms. The first kappa shape index (κ1) is 10.1. The molecule has 1 aromatic rings. The van der Waals surface area contributed by atoms with Gasteiger partial charge in [-0.15, -0.1) is 0 Å². The van der Waals surface area contributed by atoms with E-state index in [2.05, 4.69) is 5.32 Å². The molecule has 0 aliphatic carbocycles. The topological polar surface area (TPSA) is 62.1 Å². The third kappa shape index (κ3) is 2.49. The van der Waals surface area contributed by atoms with Crippen LogP contribution in [0.1, 0.15) is 17.3 Å². The summed E-state index contributed by atoms with van der Waals surface area (Å²) in [6.07, 6.45) is 1.79. The lowest BCUT2D eigenvalue weighted by molar-refractivity contribution is 0.0526. The summed E-state index contributed by atoms with van der Waals surface area (Å²) in [6, 6.07) is 6.51. The van der Waals surface area contributed by atoms with Gasteiger partial charge in [-0.25, -0.2) is 4.79 Å². The highest BCUT2D eigenvalue weighted by Crippen LogP contribution is 2.09. The van der Waals surface area contributed by atoms with Crippen LogP contribution < -0.4 is 5.32 Å². The molecule has 1 aromatic carbocycles. The second kappa shape index (κ2) is 4.87. The number of esters is 1. The van der Waals surface area contributed by atoms with Crippen LogP contribution in [0.2, 0.25) is 0 Å². The lowest BCUT2D eigenvalue weighted by Crippen LogP contribution is -2.04. The van der Waals surface area contributed by atoms with Gasteiger partial charge in [-0.2, -0.15) is 5.26 Å². The predicted octanol–water partition coefficient (Wildman–Crippen LogP) is 1.76. The quantitative estimate of drug-likeness (QED) is 0.448. The molecule has 0 aliphatic heterocycles. The van der Waals surface area contributed by atoms with E-state index < -0.39 is 0 Å². The maximum absolute atomic E-state index is 11.2. The summed E-state index contributed by atoms with van der Waals surface area (Å²) in [5.74, 6) is -0.351. The van der Waals surface area contributed by atoms with E-state index in [1.807, 2.05) is 0 Å². The van der Waals surface area contributed by atoms with Gasteiger partial charge in [0, 0.05) is 5.69 Å². The summed E-state index contributed by atoms with van der Waals surface area (Å²) in [5, 5.41) is 10.8. The molecule has 1 rings (SSSR count). The average molecular weight is 190 g/mol. The maximum Gasteiger partial charge on any atom is 0.338 e. The van der Waals surface area contributed by atoms with E-state index in [1.54, 1.807) is 37.4 Å². The number of hydrogen-bond donors (Lipinski definition) is 1. The third-order valence-electron chi connectivity index (χ3n) is 1.60. The Labute approximate surface area is 82.1 Å². The van der Waals surface area contributed by atoms with Crippen molar-refractivity contribution in [3.63, 3.8) is 0 Å². The van der Waals surface area contributed by atoms with E-state index >= 15 is 0 Å². The Balaban J connectivity index is 2.73. The fraction of sp³-hybridized carbons (Fsp3) is 0.200. The molecular weight excluding hydrogens is 180 g/mol.